The molecule has 2 rings (SSSR count). The zero-order chi connectivity index (χ0) is 11.7. The zero-order valence-electron chi connectivity index (χ0n) is 8.35. The summed E-state index contributed by atoms with van der Waals surface area (Å²) in [5, 5.41) is 4.41. The van der Waals surface area contributed by atoms with E-state index in [4.69, 9.17) is 5.73 Å². The molecule has 84 valence electrons. The third-order valence-corrected chi connectivity index (χ3v) is 3.43. The molecular formula is C8H8IN5OS. The number of nitrogen functional groups attached to an aromatic ring is 1. The molecule has 0 fully saturated rings. The monoisotopic (exact) mass is 349 g/mol. The van der Waals surface area contributed by atoms with E-state index in [2.05, 4.69) is 14.6 Å². The van der Waals surface area contributed by atoms with Crippen molar-refractivity contribution in [2.24, 2.45) is 0 Å². The van der Waals surface area contributed by atoms with Crippen LogP contribution >= 0.6 is 34.1 Å². The van der Waals surface area contributed by atoms with Gasteiger partial charge in [0.1, 0.15) is 16.5 Å². The second kappa shape index (κ2) is 4.45. The summed E-state index contributed by atoms with van der Waals surface area (Å²) in [6.45, 7) is 2.09. The summed E-state index contributed by atoms with van der Waals surface area (Å²) in [6, 6.07) is 0. The first kappa shape index (κ1) is 11.5. The van der Waals surface area contributed by atoms with E-state index in [9.17, 15) is 4.79 Å². The van der Waals surface area contributed by atoms with Crippen molar-refractivity contribution in [3.8, 4) is 0 Å². The Kier molecular flexibility index (Phi) is 3.19. The maximum absolute atomic E-state index is 11.9. The molecule has 2 aromatic heterocycles. The predicted molar refractivity (Wildman–Crippen MR) is 69.4 cm³/mol. The van der Waals surface area contributed by atoms with E-state index in [1.807, 2.05) is 22.6 Å². The summed E-state index contributed by atoms with van der Waals surface area (Å²) in [5.41, 5.74) is 6.21. The third kappa shape index (κ3) is 2.07. The Morgan fingerprint density at radius 3 is 3.00 bits per heavy atom. The fraction of sp³-hybridized carbons (Fsp3) is 0.250. The molecule has 2 aromatic rings. The molecule has 0 bridgehead atoms. The Morgan fingerprint density at radius 2 is 2.38 bits per heavy atom. The number of rotatable bonds is 2. The largest absolute Gasteiger partial charge is 0.388 e. The standard InChI is InChI=1S/C8H8IN5OS/c1-4-11-2-5(9)8(15)14(4)3-6-7(10)16-13-12-6/h2H,3,10H2,1H3. The van der Waals surface area contributed by atoms with Gasteiger partial charge in [0.2, 0.25) is 0 Å². The molecule has 2 heterocycles. The van der Waals surface area contributed by atoms with Crippen LogP contribution in [0.25, 0.3) is 0 Å². The van der Waals surface area contributed by atoms with E-state index in [0.717, 1.165) is 11.5 Å². The van der Waals surface area contributed by atoms with Crippen LogP contribution in [0.1, 0.15) is 11.5 Å². The van der Waals surface area contributed by atoms with Crippen molar-refractivity contribution in [3.63, 3.8) is 0 Å². The lowest BCUT2D eigenvalue weighted by molar-refractivity contribution is 0.680. The van der Waals surface area contributed by atoms with Crippen molar-refractivity contribution < 1.29 is 0 Å². The van der Waals surface area contributed by atoms with Gasteiger partial charge in [-0.05, 0) is 29.5 Å². The predicted octanol–water partition coefficient (Wildman–Crippen LogP) is 0.638. The number of nitrogens with zero attached hydrogens (tertiary/aromatic N) is 4. The fourth-order valence-electron chi connectivity index (χ4n) is 1.21. The number of aromatic nitrogens is 4. The van der Waals surface area contributed by atoms with Gasteiger partial charge in [0.05, 0.1) is 10.1 Å². The lowest BCUT2D eigenvalue weighted by Gasteiger charge is -2.07. The molecule has 6 nitrogen and oxygen atoms in total. The highest BCUT2D eigenvalue weighted by molar-refractivity contribution is 14.1. The van der Waals surface area contributed by atoms with Crippen LogP contribution in [0.3, 0.4) is 0 Å². The van der Waals surface area contributed by atoms with Crippen LogP contribution in [-0.4, -0.2) is 19.1 Å². The van der Waals surface area contributed by atoms with Crippen molar-refractivity contribution in [1.82, 2.24) is 19.1 Å². The minimum atomic E-state index is -0.0829. The molecular weight excluding hydrogens is 341 g/mol. The average molecular weight is 349 g/mol. The van der Waals surface area contributed by atoms with E-state index in [-0.39, 0.29) is 5.56 Å². The first-order valence-corrected chi connectivity index (χ1v) is 6.23. The molecule has 0 radical (unpaired) electrons. The molecule has 0 aliphatic heterocycles. The summed E-state index contributed by atoms with van der Waals surface area (Å²) < 4.78 is 5.84. The zero-order valence-corrected chi connectivity index (χ0v) is 11.3. The van der Waals surface area contributed by atoms with Gasteiger partial charge in [-0.3, -0.25) is 9.36 Å². The molecule has 8 heteroatoms. The first-order valence-electron chi connectivity index (χ1n) is 4.38. The van der Waals surface area contributed by atoms with Crippen molar-refractivity contribution in [1.29, 1.82) is 0 Å². The van der Waals surface area contributed by atoms with Gasteiger partial charge in [-0.2, -0.15) is 0 Å². The van der Waals surface area contributed by atoms with Crippen molar-refractivity contribution in [3.05, 3.63) is 31.6 Å². The quantitative estimate of drug-likeness (QED) is 0.804. The summed E-state index contributed by atoms with van der Waals surface area (Å²) in [6.07, 6.45) is 1.55. The van der Waals surface area contributed by atoms with E-state index < -0.39 is 0 Å². The van der Waals surface area contributed by atoms with Gasteiger partial charge in [0.25, 0.3) is 5.56 Å². The molecule has 0 saturated carbocycles. The number of hydrogen-bond donors (Lipinski definition) is 1. The van der Waals surface area contributed by atoms with Crippen molar-refractivity contribution in [2.45, 2.75) is 13.5 Å². The Balaban J connectivity index is 2.46. The minimum Gasteiger partial charge on any atom is -0.388 e. The van der Waals surface area contributed by atoms with E-state index >= 15 is 0 Å². The number of nitrogens with two attached hydrogens (primary N) is 1. The van der Waals surface area contributed by atoms with Crippen molar-refractivity contribution >= 4 is 39.1 Å². The van der Waals surface area contributed by atoms with Gasteiger partial charge in [-0.15, -0.1) is 5.10 Å². The lowest BCUT2D eigenvalue weighted by atomic mass is 10.4. The van der Waals surface area contributed by atoms with Crippen LogP contribution in [0.15, 0.2) is 11.0 Å². The van der Waals surface area contributed by atoms with Crippen LogP contribution in [0.5, 0.6) is 0 Å². The molecule has 0 aliphatic carbocycles. The van der Waals surface area contributed by atoms with Crippen LogP contribution in [-0.2, 0) is 6.54 Å². The highest BCUT2D eigenvalue weighted by Gasteiger charge is 2.10. The molecule has 0 aromatic carbocycles. The van der Waals surface area contributed by atoms with Crippen LogP contribution in [0.4, 0.5) is 5.00 Å². The second-order valence-corrected chi connectivity index (χ2v) is 5.08. The maximum atomic E-state index is 11.9. The Bertz CT molecular complexity index is 578. The maximum Gasteiger partial charge on any atom is 0.267 e. The first-order chi connectivity index (χ1) is 7.59. The van der Waals surface area contributed by atoms with Crippen LogP contribution < -0.4 is 11.3 Å². The number of aryl methyl sites for hydroxylation is 1. The summed E-state index contributed by atoms with van der Waals surface area (Å²) >= 11 is 3.07. The van der Waals surface area contributed by atoms with Crippen LogP contribution in [0.2, 0.25) is 0 Å². The van der Waals surface area contributed by atoms with Gasteiger partial charge < -0.3 is 5.73 Å². The number of halogens is 1. The number of anilines is 1. The molecule has 0 aliphatic rings. The third-order valence-electron chi connectivity index (χ3n) is 2.10. The van der Waals surface area contributed by atoms with Gasteiger partial charge >= 0.3 is 0 Å². The van der Waals surface area contributed by atoms with E-state index in [0.29, 0.717) is 26.6 Å². The molecule has 0 spiro atoms. The molecule has 0 amide bonds. The smallest absolute Gasteiger partial charge is 0.267 e. The van der Waals surface area contributed by atoms with E-state index in [1.165, 1.54) is 4.57 Å². The van der Waals surface area contributed by atoms with E-state index in [1.54, 1.807) is 13.1 Å². The van der Waals surface area contributed by atoms with Gasteiger partial charge in [-0.1, -0.05) is 4.49 Å². The minimum absolute atomic E-state index is 0.0829. The normalized spacial score (nSPS) is 10.6. The summed E-state index contributed by atoms with van der Waals surface area (Å²) in [7, 11) is 0. The average Bonchev–Trinajstić information content (AvgIpc) is 2.65. The van der Waals surface area contributed by atoms with Gasteiger partial charge in [0, 0.05) is 17.7 Å². The molecule has 0 unspecified atom stereocenters. The van der Waals surface area contributed by atoms with Crippen LogP contribution in [0, 0.1) is 10.5 Å². The Morgan fingerprint density at radius 1 is 1.62 bits per heavy atom. The van der Waals surface area contributed by atoms with Crippen molar-refractivity contribution in [2.75, 3.05) is 5.73 Å². The highest BCUT2D eigenvalue weighted by atomic mass is 127. The lowest BCUT2D eigenvalue weighted by Crippen LogP contribution is -2.26. The molecule has 16 heavy (non-hydrogen) atoms. The summed E-state index contributed by atoms with van der Waals surface area (Å²) in [4.78, 5) is 16.0. The number of hydrogen-bond acceptors (Lipinski definition) is 6. The Hall–Kier alpha value is -1.03. The topological polar surface area (TPSA) is 86.7 Å². The molecule has 0 atom stereocenters. The molecule has 2 N–H and O–H groups in total. The second-order valence-electron chi connectivity index (χ2n) is 3.13. The van der Waals surface area contributed by atoms with Gasteiger partial charge in [-0.25, -0.2) is 4.98 Å². The summed E-state index contributed by atoms with van der Waals surface area (Å²) in [5.74, 6) is 0.637. The van der Waals surface area contributed by atoms with Gasteiger partial charge in [0.15, 0.2) is 0 Å². The highest BCUT2D eigenvalue weighted by Crippen LogP contribution is 2.13. The molecule has 0 saturated heterocycles. The SMILES string of the molecule is Cc1ncc(I)c(=O)n1Cc1nnsc1N. The Labute approximate surface area is 109 Å². The fourth-order valence-corrected chi connectivity index (χ4v) is 2.08.